The summed E-state index contributed by atoms with van der Waals surface area (Å²) in [4.78, 5) is 21.2. The van der Waals surface area contributed by atoms with Gasteiger partial charge in [0.05, 0.1) is 5.52 Å². The molecule has 23 heavy (non-hydrogen) atoms. The van der Waals surface area contributed by atoms with Crippen LogP contribution in [0, 0.1) is 5.92 Å². The highest BCUT2D eigenvalue weighted by molar-refractivity contribution is 7.20. The number of rotatable bonds is 6. The molecule has 124 valence electrons. The van der Waals surface area contributed by atoms with Crippen LogP contribution in [0.4, 0.5) is 0 Å². The van der Waals surface area contributed by atoms with Crippen LogP contribution >= 0.6 is 11.3 Å². The van der Waals surface area contributed by atoms with E-state index in [1.54, 1.807) is 0 Å². The van der Waals surface area contributed by atoms with E-state index in [4.69, 9.17) is 4.98 Å². The van der Waals surface area contributed by atoms with Gasteiger partial charge < -0.3 is 4.98 Å². The van der Waals surface area contributed by atoms with Crippen molar-refractivity contribution in [2.45, 2.75) is 53.4 Å². The lowest BCUT2D eigenvalue weighted by molar-refractivity contribution is 0.433. The molecule has 0 aliphatic heterocycles. The van der Waals surface area contributed by atoms with Crippen molar-refractivity contribution in [2.24, 2.45) is 5.92 Å². The molecule has 3 nitrogen and oxygen atoms in total. The van der Waals surface area contributed by atoms with Crippen molar-refractivity contribution in [1.29, 1.82) is 0 Å². The van der Waals surface area contributed by atoms with E-state index < -0.39 is 0 Å². The van der Waals surface area contributed by atoms with E-state index in [9.17, 15) is 4.79 Å². The van der Waals surface area contributed by atoms with Crippen LogP contribution in [0.5, 0.6) is 0 Å². The van der Waals surface area contributed by atoms with Crippen LogP contribution in [-0.4, -0.2) is 9.97 Å². The monoisotopic (exact) mass is 330 g/mol. The van der Waals surface area contributed by atoms with Gasteiger partial charge in [-0.05, 0) is 31.4 Å². The van der Waals surface area contributed by atoms with Gasteiger partial charge in [-0.2, -0.15) is 0 Å². The van der Waals surface area contributed by atoms with E-state index in [1.165, 1.54) is 16.9 Å². The summed E-state index contributed by atoms with van der Waals surface area (Å²) in [6.07, 6.45) is 4.13. The molecule has 4 heteroatoms. The predicted molar refractivity (Wildman–Crippen MR) is 101 cm³/mol. The van der Waals surface area contributed by atoms with Crippen molar-refractivity contribution < 1.29 is 0 Å². The molecular formula is C19H26N2OS. The van der Waals surface area contributed by atoms with Crippen molar-refractivity contribution in [3.63, 3.8) is 0 Å². The highest BCUT2D eigenvalue weighted by Crippen LogP contribution is 2.31. The SMILES string of the molecule is C=CC(=C(C)C)c1cc2nc([C@@H](C)[C@@H](C)CCC)[nH]c(=O)c2s1. The van der Waals surface area contributed by atoms with Gasteiger partial charge in [0.15, 0.2) is 0 Å². The van der Waals surface area contributed by atoms with E-state index >= 15 is 0 Å². The summed E-state index contributed by atoms with van der Waals surface area (Å²) in [7, 11) is 0. The first-order valence-electron chi connectivity index (χ1n) is 8.23. The summed E-state index contributed by atoms with van der Waals surface area (Å²) in [5.74, 6) is 1.54. The van der Waals surface area contributed by atoms with Crippen LogP contribution in [0.15, 0.2) is 29.1 Å². The van der Waals surface area contributed by atoms with Gasteiger partial charge >= 0.3 is 0 Å². The van der Waals surface area contributed by atoms with Crippen LogP contribution in [0.3, 0.4) is 0 Å². The Labute approximate surface area is 142 Å². The first kappa shape index (κ1) is 17.7. The molecule has 0 radical (unpaired) electrons. The summed E-state index contributed by atoms with van der Waals surface area (Å²) in [6, 6.07) is 2.01. The lowest BCUT2D eigenvalue weighted by Gasteiger charge is -2.18. The molecule has 0 aromatic carbocycles. The summed E-state index contributed by atoms with van der Waals surface area (Å²) in [6.45, 7) is 14.5. The Hall–Kier alpha value is -1.68. The van der Waals surface area contributed by atoms with Crippen molar-refractivity contribution in [3.8, 4) is 0 Å². The van der Waals surface area contributed by atoms with Gasteiger partial charge in [0.1, 0.15) is 10.5 Å². The molecule has 2 atom stereocenters. The van der Waals surface area contributed by atoms with E-state index in [0.29, 0.717) is 10.6 Å². The smallest absolute Gasteiger partial charge is 0.268 e. The molecule has 1 N–H and O–H groups in total. The lowest BCUT2D eigenvalue weighted by Crippen LogP contribution is -2.16. The molecule has 0 aliphatic carbocycles. The zero-order chi connectivity index (χ0) is 17.1. The maximum Gasteiger partial charge on any atom is 0.268 e. The number of thiophene rings is 1. The van der Waals surface area contributed by atoms with Gasteiger partial charge in [0.2, 0.25) is 0 Å². The molecule has 2 aromatic rings. The minimum atomic E-state index is -0.0334. The van der Waals surface area contributed by atoms with E-state index in [0.717, 1.165) is 34.6 Å². The standard InChI is InChI=1S/C19H26N2OS/c1-7-9-12(5)13(6)18-20-15-10-16(14(8-2)11(3)4)23-17(15)19(22)21-18/h8,10,12-13H,2,7,9H2,1,3-6H3,(H,20,21,22)/t12-,13-/m0/s1. The van der Waals surface area contributed by atoms with E-state index in [1.807, 2.05) is 12.1 Å². The van der Waals surface area contributed by atoms with E-state index in [2.05, 4.69) is 46.2 Å². The first-order valence-corrected chi connectivity index (χ1v) is 9.04. The Balaban J connectivity index is 2.52. The fourth-order valence-corrected chi connectivity index (χ4v) is 3.97. The van der Waals surface area contributed by atoms with Crippen molar-refractivity contribution in [3.05, 3.63) is 45.3 Å². The van der Waals surface area contributed by atoms with Crippen LogP contribution in [0.2, 0.25) is 0 Å². The fourth-order valence-electron chi connectivity index (χ4n) is 2.83. The number of H-pyrrole nitrogens is 1. The maximum atomic E-state index is 12.5. The molecule has 2 rings (SSSR count). The summed E-state index contributed by atoms with van der Waals surface area (Å²) < 4.78 is 0.694. The minimum Gasteiger partial charge on any atom is -0.309 e. The Morgan fingerprint density at radius 2 is 2.13 bits per heavy atom. The van der Waals surface area contributed by atoms with Crippen LogP contribution in [-0.2, 0) is 0 Å². The van der Waals surface area contributed by atoms with Gasteiger partial charge in [-0.15, -0.1) is 11.3 Å². The first-order chi connectivity index (χ1) is 10.9. The Bertz CT molecular complexity index is 793. The zero-order valence-electron chi connectivity index (χ0n) is 14.7. The number of aromatic amines is 1. The molecule has 0 spiro atoms. The third kappa shape index (κ3) is 3.63. The summed E-state index contributed by atoms with van der Waals surface area (Å²) in [5, 5.41) is 0. The number of hydrogen-bond acceptors (Lipinski definition) is 3. The molecule has 0 unspecified atom stereocenters. The number of fused-ring (bicyclic) bond motifs is 1. The lowest BCUT2D eigenvalue weighted by atomic mass is 9.91. The molecule has 2 aromatic heterocycles. The second-order valence-electron chi connectivity index (χ2n) is 6.45. The van der Waals surface area contributed by atoms with E-state index in [-0.39, 0.29) is 11.5 Å². The van der Waals surface area contributed by atoms with Gasteiger partial charge in [0, 0.05) is 10.8 Å². The highest BCUT2D eigenvalue weighted by atomic mass is 32.1. The third-order valence-electron chi connectivity index (χ3n) is 4.44. The molecule has 0 aliphatic rings. The summed E-state index contributed by atoms with van der Waals surface area (Å²) in [5.41, 5.74) is 3.03. The molecular weight excluding hydrogens is 304 g/mol. The predicted octanol–water partition coefficient (Wildman–Crippen LogP) is 5.50. The van der Waals surface area contributed by atoms with Crippen molar-refractivity contribution in [2.75, 3.05) is 0 Å². The topological polar surface area (TPSA) is 45.8 Å². The Kier molecular flexibility index (Phi) is 5.58. The fraction of sp³-hybridized carbons (Fsp3) is 0.474. The normalized spacial score (nSPS) is 13.8. The second kappa shape index (κ2) is 7.26. The van der Waals surface area contributed by atoms with Crippen LogP contribution in [0.1, 0.15) is 64.1 Å². The van der Waals surface area contributed by atoms with Gasteiger partial charge in [-0.25, -0.2) is 4.98 Å². The van der Waals surface area contributed by atoms with Crippen LogP contribution < -0.4 is 5.56 Å². The number of aromatic nitrogens is 2. The average molecular weight is 330 g/mol. The van der Waals surface area contributed by atoms with Crippen molar-refractivity contribution in [1.82, 2.24) is 9.97 Å². The molecule has 0 amide bonds. The van der Waals surface area contributed by atoms with Gasteiger partial charge in [-0.3, -0.25) is 4.79 Å². The second-order valence-corrected chi connectivity index (χ2v) is 7.50. The highest BCUT2D eigenvalue weighted by Gasteiger charge is 2.18. The number of nitrogens with zero attached hydrogens (tertiary/aromatic N) is 1. The van der Waals surface area contributed by atoms with Crippen molar-refractivity contribution >= 4 is 27.1 Å². The van der Waals surface area contributed by atoms with Gasteiger partial charge in [-0.1, -0.05) is 51.8 Å². The average Bonchev–Trinajstić information content (AvgIpc) is 2.91. The quantitative estimate of drug-likeness (QED) is 0.710. The summed E-state index contributed by atoms with van der Waals surface area (Å²) >= 11 is 1.49. The molecule has 0 fully saturated rings. The maximum absolute atomic E-state index is 12.5. The molecule has 0 bridgehead atoms. The number of hydrogen-bond donors (Lipinski definition) is 1. The molecule has 0 saturated heterocycles. The Morgan fingerprint density at radius 3 is 2.70 bits per heavy atom. The largest absolute Gasteiger partial charge is 0.309 e. The van der Waals surface area contributed by atoms with Gasteiger partial charge in [0.25, 0.3) is 5.56 Å². The minimum absolute atomic E-state index is 0.0334. The van der Waals surface area contributed by atoms with Crippen LogP contribution in [0.25, 0.3) is 15.8 Å². The molecule has 2 heterocycles. The molecule has 0 saturated carbocycles. The third-order valence-corrected chi connectivity index (χ3v) is 5.59. The zero-order valence-corrected chi connectivity index (χ0v) is 15.5. The Morgan fingerprint density at radius 1 is 1.43 bits per heavy atom. The number of nitrogens with one attached hydrogen (secondary N) is 1. The number of allylic oxidation sites excluding steroid dienone is 3.